The lowest BCUT2D eigenvalue weighted by molar-refractivity contribution is -0.137. The van der Waals surface area contributed by atoms with Crippen LogP contribution in [0, 0.1) is 18.3 Å². The molecule has 1 aromatic heterocycles. The van der Waals surface area contributed by atoms with Crippen molar-refractivity contribution in [2.75, 3.05) is 0 Å². The molecule has 0 fully saturated rings. The lowest BCUT2D eigenvalue weighted by atomic mass is 10.00. The van der Waals surface area contributed by atoms with E-state index in [2.05, 4.69) is 6.07 Å². The molecule has 4 heteroatoms. The van der Waals surface area contributed by atoms with Crippen molar-refractivity contribution in [2.24, 2.45) is 0 Å². The van der Waals surface area contributed by atoms with E-state index in [9.17, 15) is 4.79 Å². The summed E-state index contributed by atoms with van der Waals surface area (Å²) in [5.74, 6) is -0.664. The number of hydrogen-bond acceptors (Lipinski definition) is 2. The molecular formula is C13H20N2O2. The molecular weight excluding hydrogens is 216 g/mol. The monoisotopic (exact) mass is 236 g/mol. The van der Waals surface area contributed by atoms with Gasteiger partial charge in [0, 0.05) is 11.9 Å². The average Bonchev–Trinajstić information content (AvgIpc) is 2.58. The van der Waals surface area contributed by atoms with Crippen LogP contribution in [0.2, 0.25) is 0 Å². The van der Waals surface area contributed by atoms with Gasteiger partial charge in [0.15, 0.2) is 0 Å². The normalized spacial score (nSPS) is 9.47. The Balaban J connectivity index is 0.00000121. The number of rotatable bonds is 3. The van der Waals surface area contributed by atoms with Gasteiger partial charge in [-0.2, -0.15) is 5.26 Å². The fourth-order valence-electron chi connectivity index (χ4n) is 1.80. The van der Waals surface area contributed by atoms with Gasteiger partial charge in [0.05, 0.1) is 5.56 Å². The topological polar surface area (TPSA) is 66.0 Å². The maximum absolute atomic E-state index is 10.6. The maximum Gasteiger partial charge on any atom is 0.323 e. The van der Waals surface area contributed by atoms with Crippen molar-refractivity contribution in [1.29, 1.82) is 5.26 Å². The zero-order chi connectivity index (χ0) is 13.6. The lowest BCUT2D eigenvalue weighted by Crippen LogP contribution is -2.09. The first-order chi connectivity index (χ1) is 7.97. The first-order valence-corrected chi connectivity index (χ1v) is 5.78. The molecule has 0 unspecified atom stereocenters. The van der Waals surface area contributed by atoms with Crippen molar-refractivity contribution >= 4 is 5.97 Å². The van der Waals surface area contributed by atoms with Crippen LogP contribution in [0.25, 0.3) is 0 Å². The maximum atomic E-state index is 10.6. The SMILES string of the molecule is CC.Cc1c(C(C)C)c(C#N)cn1CC(=O)O. The summed E-state index contributed by atoms with van der Waals surface area (Å²) in [6, 6.07) is 2.10. The molecule has 0 atom stereocenters. The van der Waals surface area contributed by atoms with Crippen molar-refractivity contribution in [3.63, 3.8) is 0 Å². The number of carboxylic acids is 1. The summed E-state index contributed by atoms with van der Waals surface area (Å²) in [7, 11) is 0. The van der Waals surface area contributed by atoms with Crippen molar-refractivity contribution in [3.8, 4) is 6.07 Å². The van der Waals surface area contributed by atoms with Crippen LogP contribution >= 0.6 is 0 Å². The van der Waals surface area contributed by atoms with Gasteiger partial charge in [0.25, 0.3) is 0 Å². The standard InChI is InChI=1S/C11H14N2O2.C2H6/c1-7(2)11-8(3)13(6-10(14)15)5-9(11)4-12;1-2/h5,7H,6H2,1-3H3,(H,14,15);1-2H3. The van der Waals surface area contributed by atoms with Gasteiger partial charge in [-0.1, -0.05) is 27.7 Å². The van der Waals surface area contributed by atoms with Gasteiger partial charge in [-0.15, -0.1) is 0 Å². The summed E-state index contributed by atoms with van der Waals surface area (Å²) in [6.45, 7) is 9.74. The summed E-state index contributed by atoms with van der Waals surface area (Å²) in [5.41, 5.74) is 2.38. The molecule has 0 aliphatic heterocycles. The number of hydrogen-bond donors (Lipinski definition) is 1. The number of aromatic nitrogens is 1. The fourth-order valence-corrected chi connectivity index (χ4v) is 1.80. The number of carbonyl (C=O) groups is 1. The zero-order valence-electron chi connectivity index (χ0n) is 11.1. The second kappa shape index (κ2) is 6.74. The molecule has 1 rings (SSSR count). The summed E-state index contributed by atoms with van der Waals surface area (Å²) in [5, 5.41) is 17.6. The number of aliphatic carboxylic acids is 1. The molecule has 4 nitrogen and oxygen atoms in total. The van der Waals surface area contributed by atoms with E-state index in [1.807, 2.05) is 34.6 Å². The van der Waals surface area contributed by atoms with E-state index in [0.29, 0.717) is 5.56 Å². The molecule has 17 heavy (non-hydrogen) atoms. The fraction of sp³-hybridized carbons (Fsp3) is 0.538. The van der Waals surface area contributed by atoms with E-state index in [1.165, 1.54) is 0 Å². The van der Waals surface area contributed by atoms with Crippen LogP contribution in [0.5, 0.6) is 0 Å². The predicted octanol–water partition coefficient (Wildman–Crippen LogP) is 2.90. The highest BCUT2D eigenvalue weighted by Crippen LogP contribution is 2.24. The van der Waals surface area contributed by atoms with Crippen molar-refractivity contribution < 1.29 is 9.90 Å². The molecule has 0 radical (unpaired) electrons. The highest BCUT2D eigenvalue weighted by Gasteiger charge is 2.16. The lowest BCUT2D eigenvalue weighted by Gasteiger charge is -2.07. The second-order valence-electron chi connectivity index (χ2n) is 3.83. The summed E-state index contributed by atoms with van der Waals surface area (Å²) in [4.78, 5) is 10.6. The van der Waals surface area contributed by atoms with Gasteiger partial charge in [0.1, 0.15) is 12.6 Å². The van der Waals surface area contributed by atoms with Crippen molar-refractivity contribution in [2.45, 2.75) is 47.1 Å². The molecule has 0 amide bonds. The van der Waals surface area contributed by atoms with Gasteiger partial charge < -0.3 is 9.67 Å². The van der Waals surface area contributed by atoms with Gasteiger partial charge in [-0.05, 0) is 18.4 Å². The highest BCUT2D eigenvalue weighted by molar-refractivity contribution is 5.67. The van der Waals surface area contributed by atoms with E-state index >= 15 is 0 Å². The molecule has 1 N–H and O–H groups in total. The Bertz CT molecular complexity index is 425. The van der Waals surface area contributed by atoms with E-state index in [-0.39, 0.29) is 12.5 Å². The molecule has 0 spiro atoms. The third kappa shape index (κ3) is 3.63. The van der Waals surface area contributed by atoms with E-state index in [0.717, 1.165) is 11.3 Å². The number of nitriles is 1. The predicted molar refractivity (Wildman–Crippen MR) is 67.0 cm³/mol. The van der Waals surface area contributed by atoms with Crippen LogP contribution in [0.15, 0.2) is 6.20 Å². The van der Waals surface area contributed by atoms with Gasteiger partial charge in [-0.3, -0.25) is 4.79 Å². The third-order valence-electron chi connectivity index (χ3n) is 2.40. The van der Waals surface area contributed by atoms with Crippen LogP contribution in [-0.4, -0.2) is 15.6 Å². The molecule has 0 aromatic carbocycles. The van der Waals surface area contributed by atoms with Crippen LogP contribution in [0.4, 0.5) is 0 Å². The van der Waals surface area contributed by atoms with Gasteiger partial charge in [-0.25, -0.2) is 0 Å². The Hall–Kier alpha value is -1.76. The first-order valence-electron chi connectivity index (χ1n) is 5.78. The van der Waals surface area contributed by atoms with E-state index < -0.39 is 5.97 Å². The Morgan fingerprint density at radius 1 is 1.53 bits per heavy atom. The average molecular weight is 236 g/mol. The van der Waals surface area contributed by atoms with Crippen LogP contribution < -0.4 is 0 Å². The van der Waals surface area contributed by atoms with Gasteiger partial charge in [0.2, 0.25) is 0 Å². The third-order valence-corrected chi connectivity index (χ3v) is 2.40. The minimum absolute atomic E-state index is 0.0900. The zero-order valence-corrected chi connectivity index (χ0v) is 11.1. The van der Waals surface area contributed by atoms with Crippen molar-refractivity contribution in [1.82, 2.24) is 4.57 Å². The quantitative estimate of drug-likeness (QED) is 0.877. The number of nitrogens with zero attached hydrogens (tertiary/aromatic N) is 2. The summed E-state index contributed by atoms with van der Waals surface area (Å²) in [6.07, 6.45) is 1.61. The smallest absolute Gasteiger partial charge is 0.323 e. The van der Waals surface area contributed by atoms with E-state index in [1.54, 1.807) is 10.8 Å². The molecule has 0 saturated heterocycles. The molecule has 94 valence electrons. The van der Waals surface area contributed by atoms with Crippen LogP contribution in [0.3, 0.4) is 0 Å². The Morgan fingerprint density at radius 3 is 2.35 bits per heavy atom. The second-order valence-corrected chi connectivity index (χ2v) is 3.83. The summed E-state index contributed by atoms with van der Waals surface area (Å²) < 4.78 is 1.61. The van der Waals surface area contributed by atoms with Gasteiger partial charge >= 0.3 is 5.97 Å². The minimum atomic E-state index is -0.895. The molecule has 0 aliphatic rings. The molecule has 1 heterocycles. The first kappa shape index (κ1) is 15.2. The molecule has 0 saturated carbocycles. The molecule has 0 aliphatic carbocycles. The number of carboxylic acid groups (broad SMARTS) is 1. The largest absolute Gasteiger partial charge is 0.480 e. The van der Waals surface area contributed by atoms with Crippen LogP contribution in [-0.2, 0) is 11.3 Å². The Kier molecular flexibility index (Phi) is 6.05. The highest BCUT2D eigenvalue weighted by atomic mass is 16.4. The summed E-state index contributed by atoms with van der Waals surface area (Å²) >= 11 is 0. The Morgan fingerprint density at radius 2 is 2.06 bits per heavy atom. The van der Waals surface area contributed by atoms with E-state index in [4.69, 9.17) is 10.4 Å². The van der Waals surface area contributed by atoms with Crippen LogP contribution in [0.1, 0.15) is 50.4 Å². The van der Waals surface area contributed by atoms with Crippen molar-refractivity contribution in [3.05, 3.63) is 23.0 Å². The Labute approximate surface area is 102 Å². The molecule has 0 bridgehead atoms. The minimum Gasteiger partial charge on any atom is -0.480 e. The molecule has 1 aromatic rings.